The molecule has 0 aromatic heterocycles. The number of rotatable bonds is 40. The van der Waals surface area contributed by atoms with Crippen molar-refractivity contribution in [2.45, 2.75) is 173 Å². The Hall–Kier alpha value is -10.2. The molecule has 92 heavy (non-hydrogen) atoms. The number of carbonyl (C=O) groups is 13. The third-order valence-corrected chi connectivity index (χ3v) is 13.9. The topological polar surface area (TPSA) is 584 Å². The second kappa shape index (κ2) is 39.1. The normalized spacial score (nSPS) is 14.5. The van der Waals surface area contributed by atoms with Crippen LogP contribution >= 0.6 is 0 Å². The molecule has 0 spiro atoms. The molecular formula is C58H90N18O16. The smallest absolute Gasteiger partial charge is 0.326 e. The largest absolute Gasteiger partial charge is 0.508 e. The van der Waals surface area contributed by atoms with Gasteiger partial charge >= 0.3 is 11.9 Å². The Bertz CT molecular complexity index is 2940. The molecule has 11 amide bonds. The van der Waals surface area contributed by atoms with Gasteiger partial charge in [0.15, 0.2) is 11.9 Å². The summed E-state index contributed by atoms with van der Waals surface area (Å²) in [6, 6.07) is -2.26. The van der Waals surface area contributed by atoms with Gasteiger partial charge in [-0.05, 0) is 88.0 Å². The van der Waals surface area contributed by atoms with E-state index in [-0.39, 0.29) is 75.2 Å². The lowest BCUT2D eigenvalue weighted by Gasteiger charge is -2.28. The first kappa shape index (κ1) is 77.9. The highest BCUT2D eigenvalue weighted by atomic mass is 16.4. The number of benzene rings is 2. The Morgan fingerprint density at radius 3 is 1.27 bits per heavy atom. The summed E-state index contributed by atoms with van der Waals surface area (Å²) < 4.78 is 0. The zero-order valence-corrected chi connectivity index (χ0v) is 52.5. The van der Waals surface area contributed by atoms with E-state index >= 15 is 0 Å². The standard InChI is InChI=1S/C58H90N18O16/c1-28(2)44(60)54(89)72-36(15-11-23-65-57(61)62)49(84)68-32(7)48(83)73-39(25-34-17-19-35(77)20-18-34)52(87)74-40(27-43(79)80)53(88)76-45(29(3)4)55(90)69-30(5)46(81)67-31(6)47(82)70-38(21-22-42(59)78)51(86)71-37(16-12-24-66-58(63)64)50(85)75-41(56(91)92)26-33-13-9-8-10-14-33/h8-10,13-14,17-20,28-32,36-41,44-45,77H,11-12,15-16,21-27,60H2,1-7H3,(H2,59,78)(H,67,81)(H,68,84)(H,69,90)(H,70,82)(H,71,86)(H,72,89)(H,73,83)(H,74,87)(H,75,85)(H,76,88)(H,79,80)(H,91,92)(H4,61,62,65)(H4,63,64,66)/t30-,31-,32-,36-,37-,38-,39-,40-,41-,44-,45-/m0/s1. The molecule has 25 N–H and O–H groups in total. The Morgan fingerprint density at radius 1 is 0.424 bits per heavy atom. The minimum absolute atomic E-state index is 0.00255. The molecule has 0 saturated heterocycles. The summed E-state index contributed by atoms with van der Waals surface area (Å²) in [6.45, 7) is 10.2. The Kier molecular flexibility index (Phi) is 33.1. The lowest BCUT2D eigenvalue weighted by Crippen LogP contribution is -2.61. The van der Waals surface area contributed by atoms with Crippen LogP contribution in [0.5, 0.6) is 5.75 Å². The van der Waals surface area contributed by atoms with Crippen molar-refractivity contribution >= 4 is 88.8 Å². The molecule has 0 unspecified atom stereocenters. The van der Waals surface area contributed by atoms with Crippen molar-refractivity contribution in [3.8, 4) is 5.75 Å². The predicted molar refractivity (Wildman–Crippen MR) is 334 cm³/mol. The van der Waals surface area contributed by atoms with Crippen LogP contribution in [0.1, 0.15) is 105 Å². The molecule has 0 radical (unpaired) electrons. The number of phenols is 1. The maximum absolute atomic E-state index is 14.2. The number of carbonyl (C=O) groups excluding carboxylic acids is 11. The minimum atomic E-state index is -1.92. The number of primary amides is 1. The number of nitrogens with one attached hydrogen (secondary N) is 10. The second-order valence-electron chi connectivity index (χ2n) is 22.5. The molecule has 0 heterocycles. The van der Waals surface area contributed by atoms with Crippen LogP contribution in [-0.4, -0.2) is 184 Å². The van der Waals surface area contributed by atoms with Gasteiger partial charge in [-0.2, -0.15) is 0 Å². The molecule has 11 atom stereocenters. The van der Waals surface area contributed by atoms with Gasteiger partial charge in [-0.25, -0.2) is 4.79 Å². The van der Waals surface area contributed by atoms with Crippen LogP contribution in [0, 0.1) is 11.8 Å². The van der Waals surface area contributed by atoms with Gasteiger partial charge in [0.25, 0.3) is 0 Å². The van der Waals surface area contributed by atoms with Gasteiger partial charge < -0.3 is 103 Å². The summed E-state index contributed by atoms with van der Waals surface area (Å²) >= 11 is 0. The molecule has 0 fully saturated rings. The minimum Gasteiger partial charge on any atom is -0.508 e. The van der Waals surface area contributed by atoms with Crippen molar-refractivity contribution in [3.05, 3.63) is 65.7 Å². The van der Waals surface area contributed by atoms with Crippen LogP contribution in [0.2, 0.25) is 0 Å². The number of aliphatic imine (C=N–C) groups is 2. The van der Waals surface area contributed by atoms with E-state index in [1.165, 1.54) is 58.9 Å². The van der Waals surface area contributed by atoms with Crippen LogP contribution in [0.4, 0.5) is 0 Å². The molecule has 34 nitrogen and oxygen atoms in total. The van der Waals surface area contributed by atoms with Gasteiger partial charge in [0.05, 0.1) is 12.5 Å². The Balaban J connectivity index is 2.30. The number of nitrogens with zero attached hydrogens (tertiary/aromatic N) is 2. The van der Waals surface area contributed by atoms with Crippen LogP contribution in [0.25, 0.3) is 0 Å². The summed E-state index contributed by atoms with van der Waals surface area (Å²) in [5, 5.41) is 54.1. The molecule has 0 saturated carbocycles. The highest BCUT2D eigenvalue weighted by Crippen LogP contribution is 2.14. The first-order valence-electron chi connectivity index (χ1n) is 29.5. The lowest BCUT2D eigenvalue weighted by molar-refractivity contribution is -0.142. The summed E-state index contributed by atoms with van der Waals surface area (Å²) in [4.78, 5) is 181. The number of aliphatic carboxylic acids is 2. The number of guanidine groups is 2. The fourth-order valence-electron chi connectivity index (χ4n) is 8.53. The average Bonchev–Trinajstić information content (AvgIpc) is 1.44. The van der Waals surface area contributed by atoms with Crippen molar-refractivity contribution in [1.82, 2.24) is 53.2 Å². The van der Waals surface area contributed by atoms with Crippen LogP contribution in [0.3, 0.4) is 0 Å². The predicted octanol–water partition coefficient (Wildman–Crippen LogP) is -5.34. The number of hydrogen-bond acceptors (Lipinski definition) is 17. The summed E-state index contributed by atoms with van der Waals surface area (Å²) in [6.07, 6.45) is -2.18. The van der Waals surface area contributed by atoms with Gasteiger partial charge in [-0.3, -0.25) is 67.5 Å². The maximum Gasteiger partial charge on any atom is 0.326 e. The maximum atomic E-state index is 14.2. The van der Waals surface area contributed by atoms with Crippen molar-refractivity contribution in [3.63, 3.8) is 0 Å². The van der Waals surface area contributed by atoms with E-state index in [1.54, 1.807) is 44.2 Å². The van der Waals surface area contributed by atoms with Crippen molar-refractivity contribution in [2.75, 3.05) is 13.1 Å². The number of nitrogens with two attached hydrogens (primary N) is 6. The third kappa shape index (κ3) is 29.0. The number of phenolic OH excluding ortho intramolecular Hbond substituents is 1. The lowest BCUT2D eigenvalue weighted by atomic mass is 10.0. The van der Waals surface area contributed by atoms with E-state index < -0.39 is 169 Å². The Labute approximate surface area is 531 Å². The molecule has 34 heteroatoms. The number of hydrogen-bond donors (Lipinski definition) is 19. The Morgan fingerprint density at radius 2 is 0.804 bits per heavy atom. The fraction of sp³-hybridized carbons (Fsp3) is 0.534. The molecule has 0 aliphatic carbocycles. The van der Waals surface area contributed by atoms with Crippen LogP contribution < -0.4 is 87.6 Å². The van der Waals surface area contributed by atoms with E-state index in [1.807, 2.05) is 0 Å². The van der Waals surface area contributed by atoms with Gasteiger partial charge in [0.1, 0.15) is 66.2 Å². The molecule has 0 aliphatic rings. The van der Waals surface area contributed by atoms with Crippen molar-refractivity contribution in [2.24, 2.45) is 56.2 Å². The molecular weight excluding hydrogens is 1200 g/mol. The highest BCUT2D eigenvalue weighted by molar-refractivity contribution is 5.99. The number of carboxylic acids is 2. The third-order valence-electron chi connectivity index (χ3n) is 13.9. The van der Waals surface area contributed by atoms with E-state index in [4.69, 9.17) is 34.4 Å². The molecule has 508 valence electrons. The first-order chi connectivity index (χ1) is 43.1. The van der Waals surface area contributed by atoms with E-state index in [9.17, 15) is 77.6 Å². The van der Waals surface area contributed by atoms with Crippen molar-refractivity contribution < 1.29 is 77.6 Å². The van der Waals surface area contributed by atoms with Gasteiger partial charge in [0, 0.05) is 32.4 Å². The summed E-state index contributed by atoms with van der Waals surface area (Å²) in [5.74, 6) is -15.1. The second-order valence-corrected chi connectivity index (χ2v) is 22.5. The van der Waals surface area contributed by atoms with Gasteiger partial charge in [0.2, 0.25) is 65.0 Å². The summed E-state index contributed by atoms with van der Waals surface area (Å²) in [7, 11) is 0. The fourth-order valence-corrected chi connectivity index (χ4v) is 8.53. The van der Waals surface area contributed by atoms with Gasteiger partial charge in [-0.1, -0.05) is 70.2 Å². The van der Waals surface area contributed by atoms with Crippen molar-refractivity contribution in [1.29, 1.82) is 0 Å². The highest BCUT2D eigenvalue weighted by Gasteiger charge is 2.36. The molecule has 2 aromatic carbocycles. The number of aromatic hydroxyl groups is 1. The molecule has 0 aliphatic heterocycles. The van der Waals surface area contributed by atoms with Crippen LogP contribution in [-0.2, 0) is 75.2 Å². The molecule has 0 bridgehead atoms. The SMILES string of the molecule is CC(C)[C@H](N)C(=O)N[C@@H](CCCN=C(N)N)C(=O)N[C@@H](C)C(=O)N[C@@H](Cc1ccc(O)cc1)C(=O)N[C@@H](CC(=O)O)C(=O)N[C@H](C(=O)N[C@@H](C)C(=O)N[C@@H](C)C(=O)N[C@@H](CCC(N)=O)C(=O)N[C@@H](CCCN=C(N)N)C(=O)N[C@@H](Cc1ccccc1)C(=O)O)C(C)C. The van der Waals surface area contributed by atoms with Gasteiger partial charge in [-0.15, -0.1) is 0 Å². The average molecular weight is 1300 g/mol. The molecule has 2 rings (SSSR count). The van der Waals surface area contributed by atoms with E-state index in [0.29, 0.717) is 11.1 Å². The number of carboxylic acid groups (broad SMARTS) is 2. The molecule has 2 aromatic rings. The monoisotopic (exact) mass is 1290 g/mol. The quantitative estimate of drug-likeness (QED) is 0.0168. The zero-order chi connectivity index (χ0) is 69.5. The van der Waals surface area contributed by atoms with Crippen LogP contribution in [0.15, 0.2) is 64.6 Å². The van der Waals surface area contributed by atoms with E-state index in [0.717, 1.165) is 0 Å². The first-order valence-corrected chi connectivity index (χ1v) is 29.5. The summed E-state index contributed by atoms with van der Waals surface area (Å²) in [5.41, 5.74) is 34.0. The number of amides is 11. The van der Waals surface area contributed by atoms with E-state index in [2.05, 4.69) is 63.2 Å². The zero-order valence-electron chi connectivity index (χ0n) is 52.5.